The zero-order valence-corrected chi connectivity index (χ0v) is 26.0. The van der Waals surface area contributed by atoms with E-state index in [1.54, 1.807) is 22.5 Å². The number of nitrogens with zero attached hydrogens (tertiary/aromatic N) is 2. The molecule has 0 bridgehead atoms. The van der Waals surface area contributed by atoms with Crippen molar-refractivity contribution in [3.63, 3.8) is 0 Å². The lowest BCUT2D eigenvalue weighted by Gasteiger charge is -2.38. The van der Waals surface area contributed by atoms with E-state index in [1.807, 2.05) is 55.1 Å². The normalized spacial score (nSPS) is 16.9. The van der Waals surface area contributed by atoms with Gasteiger partial charge in [0.1, 0.15) is 0 Å². The SMILES string of the molecule is CCc1cn(C)c2c(N3CCCS3(O)O)cc(C(=O)N[C@@H](Cc3ccccc3)[C@H](O)CNCc3cccc(C(F)(F)F)c3)cc12. The van der Waals surface area contributed by atoms with Gasteiger partial charge < -0.3 is 20.3 Å². The van der Waals surface area contributed by atoms with E-state index in [4.69, 9.17) is 0 Å². The van der Waals surface area contributed by atoms with Gasteiger partial charge in [-0.3, -0.25) is 18.2 Å². The fourth-order valence-electron chi connectivity index (χ4n) is 5.91. The first-order chi connectivity index (χ1) is 21.4. The Morgan fingerprint density at radius 1 is 1.04 bits per heavy atom. The van der Waals surface area contributed by atoms with E-state index in [0.29, 0.717) is 42.6 Å². The standard InChI is InChI=1S/C33H39F3N4O4S/c1-3-24-21-39(2)31-27(24)17-25(18-29(31)40-13-8-14-45(40,43)44)32(42)38-28(16-22-9-5-4-6-10-22)30(41)20-37-19-23-11-7-12-26(15-23)33(34,35)36/h4-7,9-12,15,17-18,21,28,30,37,41,43-44H,3,8,13-14,16,19-20H2,1-2H3,(H,38,42)/t28-,30+/m0/s1. The quantitative estimate of drug-likeness (QED) is 0.135. The molecule has 1 amide bonds. The molecule has 1 aliphatic heterocycles. The third-order valence-corrected chi connectivity index (χ3v) is 10.1. The minimum atomic E-state index is -4.45. The number of benzene rings is 3. The monoisotopic (exact) mass is 644 g/mol. The molecule has 0 radical (unpaired) electrons. The minimum Gasteiger partial charge on any atom is -0.390 e. The lowest BCUT2D eigenvalue weighted by molar-refractivity contribution is -0.137. The Bertz CT molecular complexity index is 1640. The van der Waals surface area contributed by atoms with Crippen molar-refractivity contribution in [2.75, 3.05) is 23.1 Å². The van der Waals surface area contributed by atoms with E-state index in [2.05, 4.69) is 10.6 Å². The number of hydrogen-bond donors (Lipinski definition) is 5. The van der Waals surface area contributed by atoms with Gasteiger partial charge in [-0.05, 0) is 54.2 Å². The number of aliphatic hydroxyl groups is 1. The number of aryl methyl sites for hydroxylation is 2. The van der Waals surface area contributed by atoms with Crippen molar-refractivity contribution in [2.24, 2.45) is 7.05 Å². The number of aliphatic hydroxyl groups excluding tert-OH is 1. The molecule has 8 nitrogen and oxygen atoms in total. The lowest BCUT2D eigenvalue weighted by Crippen LogP contribution is -2.48. The number of halogens is 3. The molecule has 1 aromatic heterocycles. The topological polar surface area (TPSA) is 110 Å². The average Bonchev–Trinajstić information content (AvgIpc) is 3.54. The third kappa shape index (κ3) is 7.47. The van der Waals surface area contributed by atoms with Gasteiger partial charge in [0.15, 0.2) is 0 Å². The number of fused-ring (bicyclic) bond motifs is 1. The summed E-state index contributed by atoms with van der Waals surface area (Å²) in [6.45, 7) is 2.58. The molecular formula is C33H39F3N4O4S. The van der Waals surface area contributed by atoms with Crippen LogP contribution in [0.3, 0.4) is 0 Å². The molecule has 0 aliphatic carbocycles. The summed E-state index contributed by atoms with van der Waals surface area (Å²) in [4.78, 5) is 13.9. The van der Waals surface area contributed by atoms with E-state index in [9.17, 15) is 32.2 Å². The number of carbonyl (C=O) groups excluding carboxylic acids is 1. The van der Waals surface area contributed by atoms with Gasteiger partial charge in [0.2, 0.25) is 0 Å². The Labute approximate surface area is 262 Å². The molecule has 1 saturated heterocycles. The number of rotatable bonds is 11. The van der Waals surface area contributed by atoms with Crippen molar-refractivity contribution in [1.29, 1.82) is 0 Å². The van der Waals surface area contributed by atoms with Crippen LogP contribution in [0.25, 0.3) is 10.9 Å². The molecular weight excluding hydrogens is 605 g/mol. The number of anilines is 1. The maximum absolute atomic E-state index is 13.9. The fourth-order valence-corrected chi connectivity index (χ4v) is 7.52. The number of hydrogen-bond acceptors (Lipinski definition) is 6. The second-order valence-corrected chi connectivity index (χ2v) is 13.6. The van der Waals surface area contributed by atoms with E-state index >= 15 is 0 Å². The molecule has 2 atom stereocenters. The van der Waals surface area contributed by atoms with Crippen LogP contribution in [0, 0.1) is 0 Å². The first kappa shape index (κ1) is 32.8. The van der Waals surface area contributed by atoms with Crippen molar-refractivity contribution < 1.29 is 32.2 Å². The number of alkyl halides is 3. The second-order valence-electron chi connectivity index (χ2n) is 11.5. The zero-order valence-electron chi connectivity index (χ0n) is 25.2. The summed E-state index contributed by atoms with van der Waals surface area (Å²) < 4.78 is 64.6. The second kappa shape index (κ2) is 13.4. The van der Waals surface area contributed by atoms with Crippen LogP contribution in [-0.4, -0.2) is 55.7 Å². The molecule has 12 heteroatoms. The summed E-state index contributed by atoms with van der Waals surface area (Å²) >= 11 is 0. The van der Waals surface area contributed by atoms with Crippen molar-refractivity contribution in [2.45, 2.75) is 51.1 Å². The highest BCUT2D eigenvalue weighted by Gasteiger charge is 2.33. The Hall–Kier alpha value is -3.55. The molecule has 0 saturated carbocycles. The highest BCUT2D eigenvalue weighted by Crippen LogP contribution is 2.53. The van der Waals surface area contributed by atoms with Gasteiger partial charge >= 0.3 is 6.18 Å². The van der Waals surface area contributed by atoms with Crippen LogP contribution in [-0.2, 0) is 32.6 Å². The summed E-state index contributed by atoms with van der Waals surface area (Å²) in [5.41, 5.74) is 3.28. The Morgan fingerprint density at radius 2 is 1.78 bits per heavy atom. The highest BCUT2D eigenvalue weighted by atomic mass is 32.3. The zero-order chi connectivity index (χ0) is 32.4. The van der Waals surface area contributed by atoms with E-state index in [-0.39, 0.29) is 18.8 Å². The van der Waals surface area contributed by atoms with Crippen LogP contribution in [0.5, 0.6) is 0 Å². The number of aromatic nitrogens is 1. The van der Waals surface area contributed by atoms with Crippen LogP contribution in [0.15, 0.2) is 72.9 Å². The fraction of sp³-hybridized carbons (Fsp3) is 0.364. The Kier molecular flexibility index (Phi) is 9.80. The molecule has 5 rings (SSSR count). The summed E-state index contributed by atoms with van der Waals surface area (Å²) in [7, 11) is -1.14. The number of carbonyl (C=O) groups is 1. The molecule has 3 aromatic carbocycles. The predicted molar refractivity (Wildman–Crippen MR) is 173 cm³/mol. The third-order valence-electron chi connectivity index (χ3n) is 8.20. The molecule has 4 aromatic rings. The van der Waals surface area contributed by atoms with Gasteiger partial charge in [0.05, 0.1) is 34.7 Å². The Balaban J connectivity index is 1.39. The number of nitrogens with one attached hydrogen (secondary N) is 2. The molecule has 1 aliphatic rings. The van der Waals surface area contributed by atoms with Crippen LogP contribution < -0.4 is 14.9 Å². The molecule has 0 spiro atoms. The minimum absolute atomic E-state index is 0.0195. The van der Waals surface area contributed by atoms with Gasteiger partial charge in [-0.1, -0.05) is 55.5 Å². The van der Waals surface area contributed by atoms with Crippen molar-refractivity contribution in [3.8, 4) is 0 Å². The van der Waals surface area contributed by atoms with E-state index in [1.165, 1.54) is 6.07 Å². The molecule has 1 fully saturated rings. The summed E-state index contributed by atoms with van der Waals surface area (Å²) in [6, 6.07) is 17.1. The van der Waals surface area contributed by atoms with Gasteiger partial charge in [-0.15, -0.1) is 10.8 Å². The van der Waals surface area contributed by atoms with Crippen LogP contribution in [0.1, 0.15) is 46.0 Å². The lowest BCUT2D eigenvalue weighted by atomic mass is 9.99. The Morgan fingerprint density at radius 3 is 2.44 bits per heavy atom. The van der Waals surface area contributed by atoms with Gasteiger partial charge in [0, 0.05) is 43.8 Å². The first-order valence-electron chi connectivity index (χ1n) is 14.9. The van der Waals surface area contributed by atoms with Gasteiger partial charge in [-0.25, -0.2) is 0 Å². The average molecular weight is 645 g/mol. The maximum Gasteiger partial charge on any atom is 0.416 e. The molecule has 5 N–H and O–H groups in total. The van der Waals surface area contributed by atoms with Crippen molar-refractivity contribution in [1.82, 2.24) is 15.2 Å². The highest BCUT2D eigenvalue weighted by molar-refractivity contribution is 8.25. The maximum atomic E-state index is 13.9. The predicted octanol–water partition coefficient (Wildman–Crippen LogP) is 6.13. The smallest absolute Gasteiger partial charge is 0.390 e. The van der Waals surface area contributed by atoms with Crippen LogP contribution in [0.4, 0.5) is 18.9 Å². The van der Waals surface area contributed by atoms with Gasteiger partial charge in [-0.2, -0.15) is 13.2 Å². The molecule has 0 unspecified atom stereocenters. The molecule has 45 heavy (non-hydrogen) atoms. The summed E-state index contributed by atoms with van der Waals surface area (Å²) in [5.74, 6) is -0.174. The molecule has 242 valence electrons. The summed E-state index contributed by atoms with van der Waals surface area (Å²) in [5, 5.41) is 18.1. The largest absolute Gasteiger partial charge is 0.416 e. The van der Waals surface area contributed by atoms with Crippen molar-refractivity contribution in [3.05, 3.63) is 101 Å². The molecule has 2 heterocycles. The van der Waals surface area contributed by atoms with Crippen LogP contribution >= 0.6 is 10.8 Å². The van der Waals surface area contributed by atoms with E-state index < -0.39 is 40.6 Å². The van der Waals surface area contributed by atoms with Crippen LogP contribution in [0.2, 0.25) is 0 Å². The van der Waals surface area contributed by atoms with Crippen molar-refractivity contribution >= 4 is 33.3 Å². The van der Waals surface area contributed by atoms with Gasteiger partial charge in [0.25, 0.3) is 5.91 Å². The van der Waals surface area contributed by atoms with E-state index in [0.717, 1.165) is 34.2 Å². The summed E-state index contributed by atoms with van der Waals surface area (Å²) in [6.07, 6.45) is -1.90. The first-order valence-corrected chi connectivity index (χ1v) is 16.6. The number of amides is 1.